The maximum atomic E-state index is 13.1. The number of aromatic nitrogens is 2. The summed E-state index contributed by atoms with van der Waals surface area (Å²) in [5.74, 6) is 4.61. The molecule has 7 heteroatoms. The molecule has 0 saturated carbocycles. The summed E-state index contributed by atoms with van der Waals surface area (Å²) in [4.78, 5) is 8.15. The lowest BCUT2D eigenvalue weighted by molar-refractivity contribution is 0.442. The first-order chi connectivity index (χ1) is 9.01. The first kappa shape index (κ1) is 13.2. The van der Waals surface area contributed by atoms with Crippen molar-refractivity contribution >= 4 is 5.82 Å². The van der Waals surface area contributed by atoms with E-state index in [0.717, 1.165) is 12.1 Å². The second-order valence-electron chi connectivity index (χ2n) is 3.87. The number of aryl methyl sites for hydroxylation is 1. The van der Waals surface area contributed by atoms with E-state index >= 15 is 0 Å². The molecule has 0 saturated heterocycles. The van der Waals surface area contributed by atoms with Crippen LogP contribution in [0.1, 0.15) is 11.4 Å². The zero-order valence-corrected chi connectivity index (χ0v) is 10.4. The smallest absolute Gasteiger partial charge is 0.227 e. The molecule has 0 aliphatic carbocycles. The van der Waals surface area contributed by atoms with Gasteiger partial charge in [0.25, 0.3) is 0 Å². The number of halogens is 2. The summed E-state index contributed by atoms with van der Waals surface area (Å²) in [5.41, 5.74) is 2.99. The number of benzene rings is 1. The largest absolute Gasteiger partial charge is 0.438 e. The van der Waals surface area contributed by atoms with Crippen LogP contribution in [0.15, 0.2) is 18.2 Å². The van der Waals surface area contributed by atoms with Crippen LogP contribution >= 0.6 is 0 Å². The summed E-state index contributed by atoms with van der Waals surface area (Å²) in [6.07, 6.45) is 0. The fraction of sp³-hybridized carbons (Fsp3) is 0.167. The normalized spacial score (nSPS) is 10.4. The summed E-state index contributed by atoms with van der Waals surface area (Å²) in [6, 6.07) is 3.24. The molecule has 0 spiro atoms. The van der Waals surface area contributed by atoms with E-state index in [1.807, 2.05) is 0 Å². The molecule has 0 amide bonds. The highest BCUT2D eigenvalue weighted by atomic mass is 19.2. The van der Waals surface area contributed by atoms with Crippen molar-refractivity contribution in [3.63, 3.8) is 0 Å². The number of hydrazine groups is 1. The average molecular weight is 266 g/mol. The van der Waals surface area contributed by atoms with Crippen molar-refractivity contribution in [2.75, 3.05) is 5.43 Å². The van der Waals surface area contributed by atoms with Gasteiger partial charge < -0.3 is 10.2 Å². The van der Waals surface area contributed by atoms with Crippen molar-refractivity contribution in [1.29, 1.82) is 0 Å². The van der Waals surface area contributed by atoms with Gasteiger partial charge in [0.2, 0.25) is 5.88 Å². The van der Waals surface area contributed by atoms with E-state index in [-0.39, 0.29) is 11.6 Å². The highest BCUT2D eigenvalue weighted by Crippen LogP contribution is 2.27. The van der Waals surface area contributed by atoms with Crippen LogP contribution in [0.25, 0.3) is 0 Å². The molecule has 0 radical (unpaired) electrons. The fourth-order valence-corrected chi connectivity index (χ4v) is 1.49. The van der Waals surface area contributed by atoms with Gasteiger partial charge in [-0.1, -0.05) is 0 Å². The Bertz CT molecular complexity index is 619. The van der Waals surface area contributed by atoms with Crippen molar-refractivity contribution in [2.45, 2.75) is 13.8 Å². The van der Waals surface area contributed by atoms with Crippen molar-refractivity contribution in [2.24, 2.45) is 5.84 Å². The monoisotopic (exact) mass is 266 g/mol. The van der Waals surface area contributed by atoms with Crippen LogP contribution < -0.4 is 16.0 Å². The van der Waals surface area contributed by atoms with Crippen LogP contribution in [0.2, 0.25) is 0 Å². The Labute approximate surface area is 108 Å². The summed E-state index contributed by atoms with van der Waals surface area (Å²) in [5, 5.41) is 0. The molecule has 0 aliphatic rings. The van der Waals surface area contributed by atoms with E-state index in [2.05, 4.69) is 15.4 Å². The van der Waals surface area contributed by atoms with Gasteiger partial charge in [-0.3, -0.25) is 0 Å². The van der Waals surface area contributed by atoms with Crippen LogP contribution in [0.3, 0.4) is 0 Å². The molecule has 0 atom stereocenters. The second kappa shape index (κ2) is 5.15. The molecule has 1 aromatic heterocycles. The zero-order valence-electron chi connectivity index (χ0n) is 10.4. The third-order valence-electron chi connectivity index (χ3n) is 2.46. The van der Waals surface area contributed by atoms with Gasteiger partial charge in [-0.15, -0.1) is 0 Å². The van der Waals surface area contributed by atoms with Crippen molar-refractivity contribution < 1.29 is 13.5 Å². The van der Waals surface area contributed by atoms with Gasteiger partial charge >= 0.3 is 0 Å². The van der Waals surface area contributed by atoms with Crippen molar-refractivity contribution in [3.05, 3.63) is 41.2 Å². The van der Waals surface area contributed by atoms with Crippen LogP contribution in [0, 0.1) is 25.5 Å². The van der Waals surface area contributed by atoms with Gasteiger partial charge in [-0.25, -0.2) is 19.6 Å². The van der Waals surface area contributed by atoms with Crippen LogP contribution in [-0.2, 0) is 0 Å². The summed E-state index contributed by atoms with van der Waals surface area (Å²) in [7, 11) is 0. The minimum atomic E-state index is -0.988. The summed E-state index contributed by atoms with van der Waals surface area (Å²) < 4.78 is 31.3. The molecule has 2 rings (SSSR count). The molecular weight excluding hydrogens is 254 g/mol. The lowest BCUT2D eigenvalue weighted by Gasteiger charge is -2.11. The molecule has 0 aliphatic heterocycles. The van der Waals surface area contributed by atoms with Gasteiger partial charge in [0.05, 0.1) is 5.56 Å². The minimum Gasteiger partial charge on any atom is -0.438 e. The molecular formula is C12H12F2N4O. The van der Waals surface area contributed by atoms with Crippen molar-refractivity contribution in [1.82, 2.24) is 9.97 Å². The zero-order chi connectivity index (χ0) is 14.0. The number of hydrogen-bond acceptors (Lipinski definition) is 5. The molecule has 1 aromatic carbocycles. The first-order valence-corrected chi connectivity index (χ1v) is 5.46. The van der Waals surface area contributed by atoms with Gasteiger partial charge in [0, 0.05) is 6.07 Å². The Morgan fingerprint density at radius 3 is 2.53 bits per heavy atom. The average Bonchev–Trinajstić information content (AvgIpc) is 2.37. The number of nitrogens with two attached hydrogens (primary N) is 1. The topological polar surface area (TPSA) is 73.1 Å². The van der Waals surface area contributed by atoms with Crippen LogP contribution in [0.5, 0.6) is 11.6 Å². The maximum Gasteiger partial charge on any atom is 0.227 e. The van der Waals surface area contributed by atoms with E-state index in [9.17, 15) is 8.78 Å². The number of anilines is 1. The Hall–Kier alpha value is -2.28. The maximum absolute atomic E-state index is 13.1. The number of nitrogens with one attached hydrogen (secondary N) is 1. The molecule has 100 valence electrons. The van der Waals surface area contributed by atoms with Gasteiger partial charge in [-0.05, 0) is 26.0 Å². The molecule has 1 heterocycles. The highest BCUT2D eigenvalue weighted by Gasteiger charge is 2.11. The molecule has 0 fully saturated rings. The standard InChI is InChI=1S/C12H12F2N4O/c1-6-11(18-15)16-7(2)17-12(6)19-8-3-4-9(13)10(14)5-8/h3-5H,15H2,1-2H3,(H,16,17,18). The first-order valence-electron chi connectivity index (χ1n) is 5.46. The SMILES string of the molecule is Cc1nc(NN)c(C)c(Oc2ccc(F)c(F)c2)n1. The Morgan fingerprint density at radius 1 is 1.16 bits per heavy atom. The predicted octanol–water partition coefficient (Wildman–Crippen LogP) is 2.45. The summed E-state index contributed by atoms with van der Waals surface area (Å²) in [6.45, 7) is 3.36. The lowest BCUT2D eigenvalue weighted by Crippen LogP contribution is -2.12. The molecule has 0 bridgehead atoms. The van der Waals surface area contributed by atoms with Gasteiger partial charge in [0.15, 0.2) is 11.6 Å². The number of ether oxygens (including phenoxy) is 1. The molecule has 2 aromatic rings. The number of nitrogen functional groups attached to an aromatic ring is 1. The third kappa shape index (κ3) is 2.76. The lowest BCUT2D eigenvalue weighted by atomic mass is 10.3. The number of nitrogens with zero attached hydrogens (tertiary/aromatic N) is 2. The Morgan fingerprint density at radius 2 is 1.89 bits per heavy atom. The van der Waals surface area contributed by atoms with Crippen LogP contribution in [-0.4, -0.2) is 9.97 Å². The summed E-state index contributed by atoms with van der Waals surface area (Å²) >= 11 is 0. The van der Waals surface area contributed by atoms with Gasteiger partial charge in [0.1, 0.15) is 17.4 Å². The van der Waals surface area contributed by atoms with Crippen molar-refractivity contribution in [3.8, 4) is 11.6 Å². The fourth-order valence-electron chi connectivity index (χ4n) is 1.49. The van der Waals surface area contributed by atoms with E-state index in [0.29, 0.717) is 17.2 Å². The number of rotatable bonds is 3. The van der Waals surface area contributed by atoms with E-state index in [1.165, 1.54) is 6.07 Å². The van der Waals surface area contributed by atoms with E-state index in [1.54, 1.807) is 13.8 Å². The van der Waals surface area contributed by atoms with Crippen LogP contribution in [0.4, 0.5) is 14.6 Å². The molecule has 5 nitrogen and oxygen atoms in total. The second-order valence-corrected chi connectivity index (χ2v) is 3.87. The minimum absolute atomic E-state index is 0.142. The van der Waals surface area contributed by atoms with E-state index in [4.69, 9.17) is 10.6 Å². The van der Waals surface area contributed by atoms with E-state index < -0.39 is 11.6 Å². The Kier molecular flexibility index (Phi) is 3.57. The molecule has 3 N–H and O–H groups in total. The van der Waals surface area contributed by atoms with Gasteiger partial charge in [-0.2, -0.15) is 4.98 Å². The third-order valence-corrected chi connectivity index (χ3v) is 2.46. The molecule has 0 unspecified atom stereocenters. The quantitative estimate of drug-likeness (QED) is 0.659. The highest BCUT2D eigenvalue weighted by molar-refractivity contribution is 5.48. The number of hydrogen-bond donors (Lipinski definition) is 2. The predicted molar refractivity (Wildman–Crippen MR) is 65.7 cm³/mol. The Balaban J connectivity index is 2.37. The molecule has 19 heavy (non-hydrogen) atoms.